The van der Waals surface area contributed by atoms with Crippen molar-refractivity contribution in [2.45, 2.75) is 156 Å². The number of phosphoric ester groups is 1. The van der Waals surface area contributed by atoms with E-state index in [2.05, 4.69) is 19.2 Å². The fourth-order valence-electron chi connectivity index (χ4n) is 3.58. The Morgan fingerprint density at radius 3 is 1.15 bits per heavy atom. The Hall–Kier alpha value is 0.0700. The van der Waals surface area contributed by atoms with Gasteiger partial charge in [-0.2, -0.15) is 0 Å². The summed E-state index contributed by atoms with van der Waals surface area (Å²) in [6.45, 7) is 11.6. The van der Waals surface area contributed by atoms with Crippen molar-refractivity contribution in [3.63, 3.8) is 0 Å². The topological polar surface area (TPSA) is 67.8 Å². The van der Waals surface area contributed by atoms with E-state index in [1.165, 1.54) is 116 Å². The van der Waals surface area contributed by atoms with Crippen LogP contribution in [-0.2, 0) is 13.6 Å². The van der Waals surface area contributed by atoms with Crippen molar-refractivity contribution in [3.8, 4) is 0 Å². The molecule has 0 aromatic heterocycles. The minimum absolute atomic E-state index is 0.288. The summed E-state index contributed by atoms with van der Waals surface area (Å²) >= 11 is 0. The molecule has 0 aliphatic carbocycles. The highest BCUT2D eigenvalue weighted by Gasteiger charge is 2.19. The third kappa shape index (κ3) is 34.2. The van der Waals surface area contributed by atoms with E-state index >= 15 is 0 Å². The van der Waals surface area contributed by atoms with Gasteiger partial charge in [0.05, 0.1) is 13.2 Å². The molecule has 0 bridgehead atoms. The molecule has 0 unspecified atom stereocenters. The zero-order chi connectivity index (χ0) is 25.6. The van der Waals surface area contributed by atoms with Gasteiger partial charge in [0.25, 0.3) is 0 Å². The second-order valence-electron chi connectivity index (χ2n) is 9.54. The fraction of sp³-hybridized carbons (Fsp3) is 1.00. The molecule has 208 valence electrons. The smallest absolute Gasteiger partial charge is 0.317 e. The van der Waals surface area contributed by atoms with Gasteiger partial charge in [0.1, 0.15) is 0 Å². The van der Waals surface area contributed by atoms with Gasteiger partial charge >= 0.3 is 7.82 Å². The zero-order valence-corrected chi connectivity index (χ0v) is 24.5. The van der Waals surface area contributed by atoms with Crippen LogP contribution in [-0.4, -0.2) is 31.2 Å². The number of rotatable bonds is 26. The van der Waals surface area contributed by atoms with Crippen LogP contribution < -0.4 is 5.32 Å². The highest BCUT2D eigenvalue weighted by molar-refractivity contribution is 7.47. The van der Waals surface area contributed by atoms with Gasteiger partial charge in [0.2, 0.25) is 0 Å². The Bertz CT molecular complexity index is 378. The molecule has 0 radical (unpaired) electrons. The maximum absolute atomic E-state index is 11.1. The molecule has 6 heteroatoms. The Labute approximate surface area is 214 Å². The second kappa shape index (κ2) is 31.1. The summed E-state index contributed by atoms with van der Waals surface area (Å²) in [7, 11) is -3.75. The zero-order valence-electron chi connectivity index (χ0n) is 23.6. The van der Waals surface area contributed by atoms with E-state index in [1.54, 1.807) is 0 Å². The van der Waals surface area contributed by atoms with Crippen molar-refractivity contribution in [2.24, 2.45) is 0 Å². The summed E-state index contributed by atoms with van der Waals surface area (Å²) < 4.78 is 20.5. The number of hydrogen-bond acceptors (Lipinski definition) is 4. The van der Waals surface area contributed by atoms with Gasteiger partial charge in [-0.3, -0.25) is 9.05 Å². The Kier molecular flexibility index (Phi) is 33.1. The van der Waals surface area contributed by atoms with Crippen LogP contribution in [0.5, 0.6) is 0 Å². The quantitative estimate of drug-likeness (QED) is 0.0901. The van der Waals surface area contributed by atoms with E-state index in [4.69, 9.17) is 13.9 Å². The largest absolute Gasteiger partial charge is 0.472 e. The summed E-state index contributed by atoms with van der Waals surface area (Å²) in [5, 5.41) is 3.58. The molecule has 0 aromatic rings. The molecule has 0 saturated heterocycles. The average Bonchev–Trinajstić information content (AvgIpc) is 2.82. The lowest BCUT2D eigenvalue weighted by molar-refractivity contribution is 0.146. The SMILES string of the molecule is CCCCCCCCCCCCCCNCCCCCC.CCCCOP(=O)(O)OCCCC. The maximum Gasteiger partial charge on any atom is 0.472 e. The molecular weight excluding hydrogens is 445 g/mol. The molecule has 0 atom stereocenters. The average molecular weight is 508 g/mol. The van der Waals surface area contributed by atoms with E-state index < -0.39 is 7.82 Å². The molecule has 0 amide bonds. The Morgan fingerprint density at radius 1 is 0.500 bits per heavy atom. The molecule has 0 rings (SSSR count). The van der Waals surface area contributed by atoms with Crippen LogP contribution in [0.1, 0.15) is 156 Å². The van der Waals surface area contributed by atoms with Crippen molar-refractivity contribution in [1.82, 2.24) is 5.32 Å². The second-order valence-corrected chi connectivity index (χ2v) is 11.0. The summed E-state index contributed by atoms with van der Waals surface area (Å²) in [6, 6.07) is 0. The number of unbranched alkanes of at least 4 members (excludes halogenated alkanes) is 16. The highest BCUT2D eigenvalue weighted by Crippen LogP contribution is 2.43. The van der Waals surface area contributed by atoms with Crippen LogP contribution in [0.2, 0.25) is 0 Å². The lowest BCUT2D eigenvalue weighted by atomic mass is 10.1. The molecular formula is C28H62NO4P. The van der Waals surface area contributed by atoms with E-state index in [0.717, 1.165) is 25.7 Å². The maximum atomic E-state index is 11.1. The van der Waals surface area contributed by atoms with Crippen LogP contribution in [0.25, 0.3) is 0 Å². The number of phosphoric acid groups is 1. The van der Waals surface area contributed by atoms with E-state index in [9.17, 15) is 4.57 Å². The molecule has 2 N–H and O–H groups in total. The normalized spacial score (nSPS) is 11.4. The molecule has 0 heterocycles. The first-order valence-electron chi connectivity index (χ1n) is 14.9. The van der Waals surface area contributed by atoms with E-state index in [0.29, 0.717) is 0 Å². The van der Waals surface area contributed by atoms with Crippen molar-refractivity contribution >= 4 is 7.82 Å². The summed E-state index contributed by atoms with van der Waals surface area (Å²) in [5.74, 6) is 0. The predicted octanol–water partition coefficient (Wildman–Crippen LogP) is 9.58. The van der Waals surface area contributed by atoms with Gasteiger partial charge < -0.3 is 10.2 Å². The lowest BCUT2D eigenvalue weighted by Gasteiger charge is -2.10. The van der Waals surface area contributed by atoms with Gasteiger partial charge in [0, 0.05) is 0 Å². The summed E-state index contributed by atoms with van der Waals surface area (Å²) in [5.41, 5.74) is 0. The van der Waals surface area contributed by atoms with Gasteiger partial charge in [0.15, 0.2) is 0 Å². The fourth-order valence-corrected chi connectivity index (χ4v) is 4.37. The van der Waals surface area contributed by atoms with Crippen LogP contribution in [0.3, 0.4) is 0 Å². The molecule has 0 spiro atoms. The molecule has 0 fully saturated rings. The third-order valence-corrected chi connectivity index (χ3v) is 6.94. The van der Waals surface area contributed by atoms with Crippen molar-refractivity contribution in [2.75, 3.05) is 26.3 Å². The van der Waals surface area contributed by atoms with Crippen LogP contribution in [0.4, 0.5) is 0 Å². The molecule has 0 aliphatic rings. The van der Waals surface area contributed by atoms with Crippen LogP contribution >= 0.6 is 7.82 Å². The molecule has 0 saturated carbocycles. The predicted molar refractivity (Wildman–Crippen MR) is 150 cm³/mol. The minimum Gasteiger partial charge on any atom is -0.317 e. The van der Waals surface area contributed by atoms with Gasteiger partial charge in [-0.1, -0.05) is 130 Å². The lowest BCUT2D eigenvalue weighted by Crippen LogP contribution is -2.16. The first-order chi connectivity index (χ1) is 16.5. The monoisotopic (exact) mass is 507 g/mol. The van der Waals surface area contributed by atoms with Crippen LogP contribution in [0.15, 0.2) is 0 Å². The number of nitrogens with one attached hydrogen (secondary N) is 1. The Balaban J connectivity index is 0. The van der Waals surface area contributed by atoms with E-state index in [1.807, 2.05) is 13.8 Å². The van der Waals surface area contributed by atoms with Gasteiger partial charge in [-0.15, -0.1) is 0 Å². The minimum atomic E-state index is -3.75. The highest BCUT2D eigenvalue weighted by atomic mass is 31.2. The standard InChI is InChI=1S/C20H43N.C8H19O4P/c1-3-5-7-9-10-11-12-13-14-15-16-18-20-21-19-17-8-6-4-2;1-3-5-7-11-13(9,10)12-8-6-4-2/h21H,3-20H2,1-2H3;3-8H2,1-2H3,(H,9,10). The molecule has 0 aromatic carbocycles. The molecule has 5 nitrogen and oxygen atoms in total. The van der Waals surface area contributed by atoms with Crippen molar-refractivity contribution < 1.29 is 18.5 Å². The summed E-state index contributed by atoms with van der Waals surface area (Å²) in [4.78, 5) is 9.08. The van der Waals surface area contributed by atoms with E-state index in [-0.39, 0.29) is 13.2 Å². The van der Waals surface area contributed by atoms with Gasteiger partial charge in [-0.25, -0.2) is 4.57 Å². The van der Waals surface area contributed by atoms with Gasteiger partial charge in [-0.05, 0) is 38.8 Å². The Morgan fingerprint density at radius 2 is 0.794 bits per heavy atom. The van der Waals surface area contributed by atoms with Crippen LogP contribution in [0, 0.1) is 0 Å². The molecule has 0 aliphatic heterocycles. The van der Waals surface area contributed by atoms with Crippen molar-refractivity contribution in [3.05, 3.63) is 0 Å². The number of hydrogen-bond donors (Lipinski definition) is 2. The first kappa shape index (κ1) is 36.2. The van der Waals surface area contributed by atoms with Crippen molar-refractivity contribution in [1.29, 1.82) is 0 Å². The third-order valence-electron chi connectivity index (χ3n) is 5.92. The summed E-state index contributed by atoms with van der Waals surface area (Å²) in [6.07, 6.45) is 26.3. The molecule has 34 heavy (non-hydrogen) atoms. The first-order valence-corrected chi connectivity index (χ1v) is 16.4.